The average molecular weight is 373 g/mol. The van der Waals surface area contributed by atoms with Crippen molar-refractivity contribution < 1.29 is 4.74 Å². The first kappa shape index (κ1) is 18.4. The average Bonchev–Trinajstić information content (AvgIpc) is 3.10. The molecular formula is C17H29ClN4OS. The van der Waals surface area contributed by atoms with Gasteiger partial charge in [-0.3, -0.25) is 4.90 Å². The molecule has 3 heterocycles. The van der Waals surface area contributed by atoms with Crippen LogP contribution < -0.4 is 4.90 Å². The molecule has 2 fully saturated rings. The number of halogens is 1. The van der Waals surface area contributed by atoms with E-state index in [0.29, 0.717) is 10.6 Å². The maximum atomic E-state index is 6.35. The summed E-state index contributed by atoms with van der Waals surface area (Å²) in [4.78, 5) is 12.8. The number of anilines is 1. The van der Waals surface area contributed by atoms with Crippen LogP contribution in [0.1, 0.15) is 24.1 Å². The third kappa shape index (κ3) is 4.22. The lowest BCUT2D eigenvalue weighted by atomic mass is 9.79. The highest BCUT2D eigenvalue weighted by atomic mass is 35.5. The molecule has 1 unspecified atom stereocenters. The Kier molecular flexibility index (Phi) is 6.03. The fraction of sp³-hybridized carbons (Fsp3) is 0.824. The molecule has 0 radical (unpaired) electrons. The molecule has 3 rings (SSSR count). The smallest absolute Gasteiger partial charge is 0.186 e. The van der Waals surface area contributed by atoms with E-state index >= 15 is 0 Å². The molecule has 1 aromatic heterocycles. The summed E-state index contributed by atoms with van der Waals surface area (Å²) in [6, 6.07) is 0. The predicted octanol–water partition coefficient (Wildman–Crippen LogP) is 2.80. The number of piperidine rings is 1. The molecule has 2 aliphatic rings. The standard InChI is InChI=1S/C17H29ClN4OS/c1-20(2)16-19-15(18)14(24-16)11-22-8-6-17(13-22)5-4-7-21(12-17)9-10-23-3/h4-13H2,1-3H3. The van der Waals surface area contributed by atoms with E-state index in [4.69, 9.17) is 16.3 Å². The lowest BCUT2D eigenvalue weighted by Crippen LogP contribution is -2.45. The van der Waals surface area contributed by atoms with Gasteiger partial charge in [0.15, 0.2) is 5.13 Å². The van der Waals surface area contributed by atoms with Gasteiger partial charge in [0.1, 0.15) is 5.15 Å². The molecule has 0 amide bonds. The van der Waals surface area contributed by atoms with Gasteiger partial charge in [0.05, 0.1) is 11.5 Å². The van der Waals surface area contributed by atoms with E-state index in [0.717, 1.165) is 24.8 Å². The van der Waals surface area contributed by atoms with Gasteiger partial charge in [0.25, 0.3) is 0 Å². The second-order valence-electron chi connectivity index (χ2n) is 7.44. The molecule has 2 saturated heterocycles. The van der Waals surface area contributed by atoms with Gasteiger partial charge < -0.3 is 14.5 Å². The summed E-state index contributed by atoms with van der Waals surface area (Å²) in [5.41, 5.74) is 0.466. The van der Waals surface area contributed by atoms with Crippen molar-refractivity contribution in [1.29, 1.82) is 0 Å². The van der Waals surface area contributed by atoms with Crippen molar-refractivity contribution in [3.63, 3.8) is 0 Å². The van der Waals surface area contributed by atoms with Gasteiger partial charge in [-0.2, -0.15) is 0 Å². The number of likely N-dealkylation sites (tertiary alicyclic amines) is 2. The van der Waals surface area contributed by atoms with E-state index in [1.54, 1.807) is 18.4 Å². The molecule has 0 N–H and O–H groups in total. The molecule has 0 bridgehead atoms. The predicted molar refractivity (Wildman–Crippen MR) is 101 cm³/mol. The van der Waals surface area contributed by atoms with Crippen molar-refractivity contribution >= 4 is 28.1 Å². The van der Waals surface area contributed by atoms with E-state index in [9.17, 15) is 0 Å². The summed E-state index contributed by atoms with van der Waals surface area (Å²) in [5, 5.41) is 1.67. The summed E-state index contributed by atoms with van der Waals surface area (Å²) in [6.45, 7) is 7.62. The zero-order valence-corrected chi connectivity index (χ0v) is 16.6. The molecule has 1 atom stereocenters. The number of nitrogens with zero attached hydrogens (tertiary/aromatic N) is 4. The summed E-state index contributed by atoms with van der Waals surface area (Å²) >= 11 is 8.06. The van der Waals surface area contributed by atoms with Crippen LogP contribution in [-0.2, 0) is 11.3 Å². The first-order valence-corrected chi connectivity index (χ1v) is 9.97. The molecule has 5 nitrogen and oxygen atoms in total. The SMILES string of the molecule is COCCN1CCCC2(CCN(Cc3sc(N(C)C)nc3Cl)C2)C1. The van der Waals surface area contributed by atoms with Gasteiger partial charge in [-0.1, -0.05) is 22.9 Å². The number of hydrogen-bond donors (Lipinski definition) is 0. The van der Waals surface area contributed by atoms with E-state index in [1.807, 2.05) is 19.0 Å². The Morgan fingerprint density at radius 2 is 2.04 bits per heavy atom. The highest BCUT2D eigenvalue weighted by molar-refractivity contribution is 7.16. The minimum atomic E-state index is 0.466. The Morgan fingerprint density at radius 3 is 2.75 bits per heavy atom. The monoisotopic (exact) mass is 372 g/mol. The maximum Gasteiger partial charge on any atom is 0.186 e. The Hall–Kier alpha value is -0.400. The highest BCUT2D eigenvalue weighted by Gasteiger charge is 2.41. The van der Waals surface area contributed by atoms with Crippen molar-refractivity contribution in [2.24, 2.45) is 5.41 Å². The van der Waals surface area contributed by atoms with Crippen LogP contribution in [0.3, 0.4) is 0 Å². The second-order valence-corrected chi connectivity index (χ2v) is 8.86. The summed E-state index contributed by atoms with van der Waals surface area (Å²) in [6.07, 6.45) is 3.96. The zero-order chi connectivity index (χ0) is 17.2. The van der Waals surface area contributed by atoms with Crippen molar-refractivity contribution in [3.8, 4) is 0 Å². The zero-order valence-electron chi connectivity index (χ0n) is 15.1. The molecule has 7 heteroatoms. The first-order valence-electron chi connectivity index (χ1n) is 8.77. The third-order valence-corrected chi connectivity index (χ3v) is 6.89. The van der Waals surface area contributed by atoms with Gasteiger partial charge in [0, 0.05) is 47.4 Å². The summed E-state index contributed by atoms with van der Waals surface area (Å²) in [5.74, 6) is 0. The van der Waals surface area contributed by atoms with E-state index in [2.05, 4.69) is 14.8 Å². The van der Waals surface area contributed by atoms with Crippen LogP contribution in [0.5, 0.6) is 0 Å². The van der Waals surface area contributed by atoms with Crippen LogP contribution in [-0.4, -0.2) is 75.3 Å². The van der Waals surface area contributed by atoms with Crippen molar-refractivity contribution in [2.45, 2.75) is 25.8 Å². The van der Waals surface area contributed by atoms with Crippen LogP contribution in [0.25, 0.3) is 0 Å². The third-order valence-electron chi connectivity index (χ3n) is 5.26. The Labute approximate surface area is 154 Å². The minimum Gasteiger partial charge on any atom is -0.383 e. The van der Waals surface area contributed by atoms with Crippen molar-refractivity contribution in [1.82, 2.24) is 14.8 Å². The number of methoxy groups -OCH3 is 1. The van der Waals surface area contributed by atoms with Crippen molar-refractivity contribution in [2.75, 3.05) is 65.4 Å². The van der Waals surface area contributed by atoms with Gasteiger partial charge in [-0.15, -0.1) is 0 Å². The van der Waals surface area contributed by atoms with Crippen LogP contribution in [0.4, 0.5) is 5.13 Å². The molecule has 0 aromatic carbocycles. The largest absolute Gasteiger partial charge is 0.383 e. The van der Waals surface area contributed by atoms with E-state index in [1.165, 1.54) is 50.3 Å². The first-order chi connectivity index (χ1) is 11.5. The molecule has 1 aromatic rings. The Bertz CT molecular complexity index is 553. The molecule has 0 saturated carbocycles. The Balaban J connectivity index is 1.58. The number of rotatable bonds is 6. The van der Waals surface area contributed by atoms with Crippen LogP contribution in [0, 0.1) is 5.41 Å². The molecule has 24 heavy (non-hydrogen) atoms. The van der Waals surface area contributed by atoms with Gasteiger partial charge >= 0.3 is 0 Å². The fourth-order valence-corrected chi connectivity index (χ4v) is 5.25. The number of ether oxygens (including phenoxy) is 1. The molecule has 2 aliphatic heterocycles. The van der Waals surface area contributed by atoms with Crippen molar-refractivity contribution in [3.05, 3.63) is 10.0 Å². The topological polar surface area (TPSA) is 31.8 Å². The maximum absolute atomic E-state index is 6.35. The molecule has 136 valence electrons. The number of thiazole rings is 1. The van der Waals surface area contributed by atoms with Gasteiger partial charge in [-0.25, -0.2) is 4.98 Å². The fourth-order valence-electron chi connectivity index (χ4n) is 4.03. The molecule has 1 spiro atoms. The van der Waals surface area contributed by atoms with Gasteiger partial charge in [-0.05, 0) is 37.8 Å². The summed E-state index contributed by atoms with van der Waals surface area (Å²) in [7, 11) is 5.82. The minimum absolute atomic E-state index is 0.466. The number of aromatic nitrogens is 1. The summed E-state index contributed by atoms with van der Waals surface area (Å²) < 4.78 is 5.25. The molecule has 0 aliphatic carbocycles. The van der Waals surface area contributed by atoms with Gasteiger partial charge in [0.2, 0.25) is 0 Å². The van der Waals surface area contributed by atoms with Crippen LogP contribution >= 0.6 is 22.9 Å². The second kappa shape index (κ2) is 7.87. The normalized spacial score (nSPS) is 25.7. The molecular weight excluding hydrogens is 344 g/mol. The highest BCUT2D eigenvalue weighted by Crippen LogP contribution is 2.40. The van der Waals surface area contributed by atoms with Crippen LogP contribution in [0.2, 0.25) is 5.15 Å². The lowest BCUT2D eigenvalue weighted by molar-refractivity contribution is 0.0674. The quantitative estimate of drug-likeness (QED) is 0.766. The Morgan fingerprint density at radius 1 is 1.25 bits per heavy atom. The number of hydrogen-bond acceptors (Lipinski definition) is 6. The van der Waals surface area contributed by atoms with Crippen LogP contribution in [0.15, 0.2) is 0 Å². The lowest BCUT2D eigenvalue weighted by Gasteiger charge is -2.40. The van der Waals surface area contributed by atoms with E-state index in [-0.39, 0.29) is 0 Å². The van der Waals surface area contributed by atoms with E-state index < -0.39 is 0 Å².